The Morgan fingerprint density at radius 2 is 2.00 bits per heavy atom. The van der Waals surface area contributed by atoms with Crippen LogP contribution in [0.25, 0.3) is 0 Å². The standard InChI is InChI=1S/C15H18ClNO/c1-3-14(15-9-6-10-18-15)17-11(2)12-7-4-5-8-13(12)16/h4-11,14,17H,3H2,1-2H3. The summed E-state index contributed by atoms with van der Waals surface area (Å²) in [5, 5.41) is 4.35. The second kappa shape index (κ2) is 6.07. The van der Waals surface area contributed by atoms with Gasteiger partial charge in [0.2, 0.25) is 0 Å². The van der Waals surface area contributed by atoms with Crippen molar-refractivity contribution in [2.24, 2.45) is 0 Å². The minimum atomic E-state index is 0.189. The summed E-state index contributed by atoms with van der Waals surface area (Å²) in [4.78, 5) is 0. The van der Waals surface area contributed by atoms with Crippen LogP contribution in [0.2, 0.25) is 5.02 Å². The summed E-state index contributed by atoms with van der Waals surface area (Å²) in [6.07, 6.45) is 2.68. The highest BCUT2D eigenvalue weighted by Crippen LogP contribution is 2.26. The molecule has 2 atom stereocenters. The summed E-state index contributed by atoms with van der Waals surface area (Å²) < 4.78 is 5.46. The molecule has 1 heterocycles. The van der Waals surface area contributed by atoms with Crippen molar-refractivity contribution in [3.8, 4) is 0 Å². The summed E-state index contributed by atoms with van der Waals surface area (Å²) in [6.45, 7) is 4.26. The van der Waals surface area contributed by atoms with Gasteiger partial charge in [-0.25, -0.2) is 0 Å². The summed E-state index contributed by atoms with van der Waals surface area (Å²) >= 11 is 6.21. The van der Waals surface area contributed by atoms with Gasteiger partial charge in [-0.2, -0.15) is 0 Å². The Hall–Kier alpha value is -1.25. The molecule has 0 radical (unpaired) electrons. The molecule has 0 fully saturated rings. The van der Waals surface area contributed by atoms with Gasteiger partial charge < -0.3 is 9.73 Å². The fourth-order valence-corrected chi connectivity index (χ4v) is 2.41. The molecule has 1 N–H and O–H groups in total. The SMILES string of the molecule is CCC(NC(C)c1ccccc1Cl)c1ccco1. The van der Waals surface area contributed by atoms with Crippen molar-refractivity contribution in [2.45, 2.75) is 32.4 Å². The van der Waals surface area contributed by atoms with Crippen molar-refractivity contribution < 1.29 is 4.42 Å². The first kappa shape index (κ1) is 13.2. The summed E-state index contributed by atoms with van der Waals surface area (Å²) in [6, 6.07) is 12.2. The lowest BCUT2D eigenvalue weighted by Crippen LogP contribution is -2.24. The highest BCUT2D eigenvalue weighted by Gasteiger charge is 2.17. The van der Waals surface area contributed by atoms with E-state index >= 15 is 0 Å². The van der Waals surface area contributed by atoms with Gasteiger partial charge in [0.05, 0.1) is 12.3 Å². The van der Waals surface area contributed by atoms with Crippen LogP contribution in [0.4, 0.5) is 0 Å². The quantitative estimate of drug-likeness (QED) is 0.843. The molecule has 2 unspecified atom stereocenters. The van der Waals surface area contributed by atoms with Gasteiger partial charge in [-0.1, -0.05) is 36.7 Å². The van der Waals surface area contributed by atoms with Crippen LogP contribution >= 0.6 is 11.6 Å². The molecule has 96 valence electrons. The largest absolute Gasteiger partial charge is 0.468 e. The zero-order valence-corrected chi connectivity index (χ0v) is 11.4. The van der Waals surface area contributed by atoms with Gasteiger partial charge in [0.1, 0.15) is 5.76 Å². The fourth-order valence-electron chi connectivity index (χ4n) is 2.11. The summed E-state index contributed by atoms with van der Waals surface area (Å²) in [7, 11) is 0. The normalized spacial score (nSPS) is 14.4. The average Bonchev–Trinajstić information content (AvgIpc) is 2.90. The van der Waals surface area contributed by atoms with Crippen LogP contribution in [0.5, 0.6) is 0 Å². The van der Waals surface area contributed by atoms with Crippen LogP contribution in [-0.4, -0.2) is 0 Å². The summed E-state index contributed by atoms with van der Waals surface area (Å²) in [5.41, 5.74) is 1.11. The van der Waals surface area contributed by atoms with Crippen LogP contribution in [0.15, 0.2) is 47.1 Å². The lowest BCUT2D eigenvalue weighted by Gasteiger charge is -2.21. The fraction of sp³-hybridized carbons (Fsp3) is 0.333. The van der Waals surface area contributed by atoms with E-state index in [-0.39, 0.29) is 12.1 Å². The molecule has 0 saturated heterocycles. The van der Waals surface area contributed by atoms with Gasteiger partial charge in [0.15, 0.2) is 0 Å². The van der Waals surface area contributed by atoms with Crippen LogP contribution in [-0.2, 0) is 0 Å². The first-order valence-electron chi connectivity index (χ1n) is 6.26. The van der Waals surface area contributed by atoms with Crippen molar-refractivity contribution in [2.75, 3.05) is 0 Å². The second-order valence-electron chi connectivity index (χ2n) is 4.39. The number of furan rings is 1. The highest BCUT2D eigenvalue weighted by atomic mass is 35.5. The van der Waals surface area contributed by atoms with Gasteiger partial charge in [-0.3, -0.25) is 0 Å². The summed E-state index contributed by atoms with van der Waals surface area (Å²) in [5.74, 6) is 0.969. The van der Waals surface area contributed by atoms with Gasteiger partial charge in [0, 0.05) is 11.1 Å². The molecule has 0 aliphatic rings. The minimum absolute atomic E-state index is 0.189. The average molecular weight is 264 g/mol. The maximum atomic E-state index is 6.21. The first-order chi connectivity index (χ1) is 8.72. The van der Waals surface area contributed by atoms with E-state index in [1.54, 1.807) is 6.26 Å². The number of rotatable bonds is 5. The van der Waals surface area contributed by atoms with Crippen molar-refractivity contribution in [3.63, 3.8) is 0 Å². The van der Waals surface area contributed by atoms with Gasteiger partial charge >= 0.3 is 0 Å². The minimum Gasteiger partial charge on any atom is -0.468 e. The van der Waals surface area contributed by atoms with Gasteiger partial charge in [-0.05, 0) is 37.1 Å². The van der Waals surface area contributed by atoms with E-state index in [9.17, 15) is 0 Å². The second-order valence-corrected chi connectivity index (χ2v) is 4.79. The van der Waals surface area contributed by atoms with Crippen molar-refractivity contribution >= 4 is 11.6 Å². The Labute approximate surface area is 113 Å². The molecule has 2 aromatic rings. The lowest BCUT2D eigenvalue weighted by atomic mass is 10.1. The van der Waals surface area contributed by atoms with E-state index in [0.717, 1.165) is 22.8 Å². The zero-order chi connectivity index (χ0) is 13.0. The van der Waals surface area contributed by atoms with Gasteiger partial charge in [0.25, 0.3) is 0 Å². The van der Waals surface area contributed by atoms with Crippen LogP contribution in [0.1, 0.15) is 43.7 Å². The van der Waals surface area contributed by atoms with Crippen molar-refractivity contribution in [1.29, 1.82) is 0 Å². The Bertz CT molecular complexity index is 481. The molecule has 0 amide bonds. The number of halogens is 1. The van der Waals surface area contributed by atoms with E-state index in [1.165, 1.54) is 0 Å². The lowest BCUT2D eigenvalue weighted by molar-refractivity contribution is 0.376. The number of hydrogen-bond acceptors (Lipinski definition) is 2. The Morgan fingerprint density at radius 1 is 1.22 bits per heavy atom. The predicted octanol–water partition coefficient (Wildman–Crippen LogP) is 4.73. The Balaban J connectivity index is 2.11. The molecule has 0 aliphatic heterocycles. The molecule has 18 heavy (non-hydrogen) atoms. The van der Waals surface area contributed by atoms with Crippen molar-refractivity contribution in [3.05, 3.63) is 59.0 Å². The number of benzene rings is 1. The first-order valence-corrected chi connectivity index (χ1v) is 6.64. The molecule has 0 bridgehead atoms. The topological polar surface area (TPSA) is 25.2 Å². The van der Waals surface area contributed by atoms with Crippen LogP contribution < -0.4 is 5.32 Å². The molecule has 3 heteroatoms. The molecule has 0 spiro atoms. The van der Waals surface area contributed by atoms with Crippen LogP contribution in [0, 0.1) is 0 Å². The molecule has 0 saturated carbocycles. The molecule has 2 nitrogen and oxygen atoms in total. The maximum Gasteiger partial charge on any atom is 0.120 e. The highest BCUT2D eigenvalue weighted by molar-refractivity contribution is 6.31. The Morgan fingerprint density at radius 3 is 2.61 bits per heavy atom. The third-order valence-electron chi connectivity index (χ3n) is 3.12. The third-order valence-corrected chi connectivity index (χ3v) is 3.46. The van der Waals surface area contributed by atoms with E-state index in [2.05, 4.69) is 25.2 Å². The molecule has 2 rings (SSSR count). The Kier molecular flexibility index (Phi) is 4.45. The zero-order valence-electron chi connectivity index (χ0n) is 10.7. The number of nitrogens with one attached hydrogen (secondary N) is 1. The van der Waals surface area contributed by atoms with Crippen LogP contribution in [0.3, 0.4) is 0 Å². The van der Waals surface area contributed by atoms with E-state index in [0.29, 0.717) is 0 Å². The van der Waals surface area contributed by atoms with E-state index < -0.39 is 0 Å². The van der Waals surface area contributed by atoms with E-state index in [1.807, 2.05) is 30.3 Å². The monoisotopic (exact) mass is 263 g/mol. The predicted molar refractivity (Wildman–Crippen MR) is 74.7 cm³/mol. The molecular formula is C15H18ClNO. The van der Waals surface area contributed by atoms with Gasteiger partial charge in [-0.15, -0.1) is 0 Å². The molecule has 1 aromatic carbocycles. The maximum absolute atomic E-state index is 6.21. The smallest absolute Gasteiger partial charge is 0.120 e. The molecule has 1 aromatic heterocycles. The molecule has 0 aliphatic carbocycles. The van der Waals surface area contributed by atoms with Crippen molar-refractivity contribution in [1.82, 2.24) is 5.32 Å². The molecular weight excluding hydrogens is 246 g/mol. The third kappa shape index (κ3) is 2.95. The van der Waals surface area contributed by atoms with E-state index in [4.69, 9.17) is 16.0 Å². The number of hydrogen-bond donors (Lipinski definition) is 1.